The van der Waals surface area contributed by atoms with Crippen molar-refractivity contribution in [2.75, 3.05) is 0 Å². The summed E-state index contributed by atoms with van der Waals surface area (Å²) in [5.41, 5.74) is -0.488. The van der Waals surface area contributed by atoms with Crippen LogP contribution in [0.2, 0.25) is 0 Å². The van der Waals surface area contributed by atoms with E-state index in [0.29, 0.717) is 0 Å². The van der Waals surface area contributed by atoms with Crippen LogP contribution in [0.25, 0.3) is 0 Å². The van der Waals surface area contributed by atoms with E-state index in [9.17, 15) is 22.8 Å². The van der Waals surface area contributed by atoms with Gasteiger partial charge in [-0.1, -0.05) is 48.5 Å². The van der Waals surface area contributed by atoms with Gasteiger partial charge in [-0.3, -0.25) is 9.59 Å². The summed E-state index contributed by atoms with van der Waals surface area (Å²) in [5.74, 6) is 0. The highest BCUT2D eigenvalue weighted by Crippen LogP contribution is 2.30. The third-order valence-corrected chi connectivity index (χ3v) is 2.33. The Labute approximate surface area is 113 Å². The van der Waals surface area contributed by atoms with Crippen LogP contribution in [0.15, 0.2) is 54.6 Å². The molecular weight excluding hydrogens is 269 g/mol. The molecule has 0 N–H and O–H groups in total. The van der Waals surface area contributed by atoms with Crippen LogP contribution in [0.5, 0.6) is 0 Å². The zero-order valence-corrected chi connectivity index (χ0v) is 10.3. The van der Waals surface area contributed by atoms with Gasteiger partial charge in [0.2, 0.25) is 0 Å². The minimum atomic E-state index is -4.45. The van der Waals surface area contributed by atoms with Gasteiger partial charge >= 0.3 is 6.18 Å². The van der Waals surface area contributed by atoms with Crippen LogP contribution < -0.4 is 0 Å². The van der Waals surface area contributed by atoms with Crippen LogP contribution in [0, 0.1) is 0 Å². The first-order valence-corrected chi connectivity index (χ1v) is 5.60. The minimum Gasteiger partial charge on any atom is -0.298 e. The van der Waals surface area contributed by atoms with Gasteiger partial charge in [-0.25, -0.2) is 0 Å². The second-order valence-electron chi connectivity index (χ2n) is 3.73. The van der Waals surface area contributed by atoms with Crippen LogP contribution in [-0.2, 0) is 6.18 Å². The normalized spacial score (nSPS) is 10.2. The molecule has 0 amide bonds. The third kappa shape index (κ3) is 4.68. The van der Waals surface area contributed by atoms with E-state index in [4.69, 9.17) is 0 Å². The molecule has 20 heavy (non-hydrogen) atoms. The van der Waals surface area contributed by atoms with Gasteiger partial charge < -0.3 is 0 Å². The quantitative estimate of drug-likeness (QED) is 0.779. The lowest BCUT2D eigenvalue weighted by Gasteiger charge is -2.07. The highest BCUT2D eigenvalue weighted by molar-refractivity contribution is 5.77. The summed E-state index contributed by atoms with van der Waals surface area (Å²) in [4.78, 5) is 20.2. The van der Waals surface area contributed by atoms with E-state index in [-0.39, 0.29) is 11.8 Å². The van der Waals surface area contributed by atoms with Gasteiger partial charge in [-0.15, -0.1) is 0 Å². The van der Waals surface area contributed by atoms with Crippen molar-refractivity contribution in [2.24, 2.45) is 0 Å². The van der Waals surface area contributed by atoms with Crippen molar-refractivity contribution >= 4 is 12.6 Å². The second-order valence-corrected chi connectivity index (χ2v) is 3.73. The Morgan fingerprint density at radius 1 is 0.750 bits per heavy atom. The zero-order chi connectivity index (χ0) is 15.0. The first-order chi connectivity index (χ1) is 9.49. The predicted molar refractivity (Wildman–Crippen MR) is 68.7 cm³/mol. The van der Waals surface area contributed by atoms with Crippen LogP contribution >= 0.6 is 0 Å². The number of carbonyl (C=O) groups excluding carboxylic acids is 2. The molecule has 0 bridgehead atoms. The fourth-order valence-electron chi connectivity index (χ4n) is 1.39. The molecule has 0 aromatic heterocycles. The van der Waals surface area contributed by atoms with Crippen LogP contribution in [0.3, 0.4) is 0 Å². The smallest absolute Gasteiger partial charge is 0.298 e. The lowest BCUT2D eigenvalue weighted by Crippen LogP contribution is -2.08. The van der Waals surface area contributed by atoms with Crippen LogP contribution in [0.1, 0.15) is 26.3 Å². The maximum absolute atomic E-state index is 12.1. The molecule has 0 saturated carbocycles. The average Bonchev–Trinajstić information content (AvgIpc) is 2.48. The highest BCUT2D eigenvalue weighted by Gasteiger charge is 2.32. The number of carbonyl (C=O) groups is 2. The number of rotatable bonds is 2. The van der Waals surface area contributed by atoms with Crippen molar-refractivity contribution in [1.29, 1.82) is 0 Å². The molecule has 0 aliphatic rings. The molecule has 0 spiro atoms. The molecule has 0 radical (unpaired) electrons. The first kappa shape index (κ1) is 15.6. The molecule has 0 saturated heterocycles. The number of hydrogen-bond donors (Lipinski definition) is 0. The van der Waals surface area contributed by atoms with E-state index < -0.39 is 11.7 Å². The summed E-state index contributed by atoms with van der Waals surface area (Å²) in [6, 6.07) is 13.7. The summed E-state index contributed by atoms with van der Waals surface area (Å²) < 4.78 is 36.2. The second kappa shape index (κ2) is 7.23. The number of aldehydes is 2. The first-order valence-electron chi connectivity index (χ1n) is 5.60. The molecular formula is C15H11F3O2. The van der Waals surface area contributed by atoms with Crippen molar-refractivity contribution in [2.45, 2.75) is 6.18 Å². The summed E-state index contributed by atoms with van der Waals surface area (Å²) in [5, 5.41) is 0. The number of alkyl halides is 3. The topological polar surface area (TPSA) is 34.1 Å². The van der Waals surface area contributed by atoms with Gasteiger partial charge in [-0.2, -0.15) is 13.2 Å². The molecule has 104 valence electrons. The minimum absolute atomic E-state index is 0.197. The van der Waals surface area contributed by atoms with Crippen molar-refractivity contribution < 1.29 is 22.8 Å². The molecule has 5 heteroatoms. The summed E-state index contributed by atoms with van der Waals surface area (Å²) in [6.07, 6.45) is -3.42. The van der Waals surface area contributed by atoms with Crippen LogP contribution in [-0.4, -0.2) is 12.6 Å². The molecule has 0 aliphatic heterocycles. The Balaban J connectivity index is 0.000000217. The molecule has 2 nitrogen and oxygen atoms in total. The van der Waals surface area contributed by atoms with E-state index in [2.05, 4.69) is 0 Å². The van der Waals surface area contributed by atoms with Crippen molar-refractivity contribution in [3.8, 4) is 0 Å². The van der Waals surface area contributed by atoms with Crippen LogP contribution in [0.4, 0.5) is 13.2 Å². The summed E-state index contributed by atoms with van der Waals surface area (Å²) in [6.45, 7) is 0. The van der Waals surface area contributed by atoms with Crippen molar-refractivity contribution in [3.63, 3.8) is 0 Å². The molecule has 0 unspecified atom stereocenters. The number of hydrogen-bond acceptors (Lipinski definition) is 2. The van der Waals surface area contributed by atoms with E-state index in [1.54, 1.807) is 12.1 Å². The predicted octanol–water partition coefficient (Wildman–Crippen LogP) is 4.02. The fraction of sp³-hybridized carbons (Fsp3) is 0.0667. The monoisotopic (exact) mass is 280 g/mol. The summed E-state index contributed by atoms with van der Waals surface area (Å²) in [7, 11) is 0. The van der Waals surface area contributed by atoms with Gasteiger partial charge in [0.15, 0.2) is 6.29 Å². The van der Waals surface area contributed by atoms with E-state index in [0.717, 1.165) is 24.0 Å². The lowest BCUT2D eigenvalue weighted by atomic mass is 10.1. The maximum Gasteiger partial charge on any atom is 0.417 e. The SMILES string of the molecule is O=Cc1ccccc1.O=Cc1ccccc1C(F)(F)F. The Hall–Kier alpha value is -2.43. The van der Waals surface area contributed by atoms with Gasteiger partial charge in [-0.05, 0) is 6.07 Å². The average molecular weight is 280 g/mol. The fourth-order valence-corrected chi connectivity index (χ4v) is 1.39. The third-order valence-electron chi connectivity index (χ3n) is 2.33. The van der Waals surface area contributed by atoms with Gasteiger partial charge in [0, 0.05) is 11.1 Å². The molecule has 0 atom stereocenters. The Morgan fingerprint density at radius 3 is 1.70 bits per heavy atom. The Morgan fingerprint density at radius 2 is 1.30 bits per heavy atom. The van der Waals surface area contributed by atoms with Crippen molar-refractivity contribution in [1.82, 2.24) is 0 Å². The van der Waals surface area contributed by atoms with Gasteiger partial charge in [0.05, 0.1) is 5.56 Å². The molecule has 0 heterocycles. The molecule has 2 rings (SSSR count). The zero-order valence-electron chi connectivity index (χ0n) is 10.3. The van der Waals surface area contributed by atoms with Crippen molar-refractivity contribution in [3.05, 3.63) is 71.3 Å². The standard InChI is InChI=1S/C8H5F3O.C7H6O/c9-8(10,11)7-4-2-1-3-6(7)5-12;8-6-7-4-2-1-3-5-7/h1-5H;1-6H. The van der Waals surface area contributed by atoms with Gasteiger partial charge in [0.25, 0.3) is 0 Å². The Bertz CT molecular complexity index is 563. The molecule has 0 aliphatic carbocycles. The molecule has 0 fully saturated rings. The molecule has 2 aromatic carbocycles. The van der Waals surface area contributed by atoms with E-state index >= 15 is 0 Å². The highest BCUT2D eigenvalue weighted by atomic mass is 19.4. The van der Waals surface area contributed by atoms with Gasteiger partial charge in [0.1, 0.15) is 6.29 Å². The van der Waals surface area contributed by atoms with E-state index in [1.165, 1.54) is 12.1 Å². The summed E-state index contributed by atoms with van der Waals surface area (Å²) >= 11 is 0. The number of benzene rings is 2. The number of halogens is 3. The largest absolute Gasteiger partial charge is 0.417 e. The van der Waals surface area contributed by atoms with E-state index in [1.807, 2.05) is 18.2 Å². The lowest BCUT2D eigenvalue weighted by molar-refractivity contribution is -0.137. The molecule has 2 aromatic rings. The Kier molecular flexibility index (Phi) is 5.65. The maximum atomic E-state index is 12.1.